The summed E-state index contributed by atoms with van der Waals surface area (Å²) in [5.74, 6) is 0. The summed E-state index contributed by atoms with van der Waals surface area (Å²) in [5, 5.41) is 4.51. The zero-order chi connectivity index (χ0) is 25.8. The van der Waals surface area contributed by atoms with Gasteiger partial charge in [0.25, 0.3) is 0 Å². The molecule has 6 aromatic carbocycles. The minimum atomic E-state index is 0.891. The molecule has 0 aliphatic carbocycles. The van der Waals surface area contributed by atoms with E-state index in [0.29, 0.717) is 0 Å². The fourth-order valence-electron chi connectivity index (χ4n) is 5.64. The van der Waals surface area contributed by atoms with E-state index in [1.54, 1.807) is 0 Å². The third-order valence-corrected chi connectivity index (χ3v) is 7.47. The van der Waals surface area contributed by atoms with Gasteiger partial charge in [-0.1, -0.05) is 84.9 Å². The zero-order valence-corrected chi connectivity index (χ0v) is 21.0. The number of fused-ring (bicyclic) bond motifs is 6. The van der Waals surface area contributed by atoms with Crippen molar-refractivity contribution in [1.29, 1.82) is 0 Å². The van der Waals surface area contributed by atoms with Crippen molar-refractivity contribution in [3.63, 3.8) is 0 Å². The van der Waals surface area contributed by atoms with Gasteiger partial charge in [0.2, 0.25) is 0 Å². The van der Waals surface area contributed by atoms with E-state index in [-0.39, 0.29) is 0 Å². The fourth-order valence-corrected chi connectivity index (χ4v) is 5.64. The Labute approximate surface area is 225 Å². The predicted octanol–water partition coefficient (Wildman–Crippen LogP) is 10.6. The normalized spacial score (nSPS) is 11.6. The first kappa shape index (κ1) is 21.8. The number of hydrogen-bond donors (Lipinski definition) is 0. The summed E-state index contributed by atoms with van der Waals surface area (Å²) >= 11 is 0. The molecule has 0 radical (unpaired) electrons. The summed E-state index contributed by atoms with van der Waals surface area (Å²) in [6.07, 6.45) is 0. The molecule has 2 heterocycles. The van der Waals surface area contributed by atoms with Crippen LogP contribution < -0.4 is 4.90 Å². The maximum atomic E-state index is 6.30. The first-order valence-electron chi connectivity index (χ1n) is 13.1. The van der Waals surface area contributed by atoms with E-state index < -0.39 is 0 Å². The Morgan fingerprint density at radius 3 is 1.77 bits per heavy atom. The van der Waals surface area contributed by atoms with Gasteiger partial charge < -0.3 is 13.7 Å². The quantitative estimate of drug-likeness (QED) is 0.240. The Hall–Kier alpha value is -5.28. The fraction of sp³-hybridized carbons (Fsp3) is 0. The Bertz CT molecular complexity index is 2120. The highest BCUT2D eigenvalue weighted by atomic mass is 16.3. The van der Waals surface area contributed by atoms with E-state index in [0.717, 1.165) is 72.1 Å². The van der Waals surface area contributed by atoms with Crippen LogP contribution in [0.15, 0.2) is 148 Å². The number of para-hydroxylation sites is 4. The van der Waals surface area contributed by atoms with Crippen LogP contribution in [-0.2, 0) is 0 Å². The highest BCUT2D eigenvalue weighted by Crippen LogP contribution is 2.40. The smallest absolute Gasteiger partial charge is 0.143 e. The zero-order valence-electron chi connectivity index (χ0n) is 21.0. The third-order valence-electron chi connectivity index (χ3n) is 7.47. The number of nitrogens with zero attached hydrogens (tertiary/aromatic N) is 1. The Balaban J connectivity index is 1.26. The van der Waals surface area contributed by atoms with Crippen LogP contribution in [0.4, 0.5) is 17.1 Å². The van der Waals surface area contributed by atoms with Gasteiger partial charge >= 0.3 is 0 Å². The molecule has 3 nitrogen and oxygen atoms in total. The lowest BCUT2D eigenvalue weighted by atomic mass is 10.0. The average molecular weight is 502 g/mol. The lowest BCUT2D eigenvalue weighted by Crippen LogP contribution is -2.09. The van der Waals surface area contributed by atoms with Gasteiger partial charge in [0.15, 0.2) is 0 Å². The van der Waals surface area contributed by atoms with Crippen LogP contribution in [0.2, 0.25) is 0 Å². The van der Waals surface area contributed by atoms with Crippen LogP contribution in [0.5, 0.6) is 0 Å². The van der Waals surface area contributed by atoms with Crippen molar-refractivity contribution in [2.45, 2.75) is 0 Å². The summed E-state index contributed by atoms with van der Waals surface area (Å²) in [7, 11) is 0. The standard InChI is InChI=1S/C36H23NO2/c1-2-9-25(10-3-1)37(27-21-22-35-32(23-27)30-12-5-6-15-33(30)38-35)26-19-17-24(18-20-26)28-13-8-14-31-29-11-4-7-16-34(29)39-36(28)31/h1-23H. The maximum Gasteiger partial charge on any atom is 0.143 e. The minimum Gasteiger partial charge on any atom is -0.456 e. The number of rotatable bonds is 4. The summed E-state index contributed by atoms with van der Waals surface area (Å²) in [4.78, 5) is 2.28. The van der Waals surface area contributed by atoms with E-state index in [4.69, 9.17) is 8.83 Å². The van der Waals surface area contributed by atoms with Crippen molar-refractivity contribution in [2.24, 2.45) is 0 Å². The van der Waals surface area contributed by atoms with Crippen molar-refractivity contribution < 1.29 is 8.83 Å². The van der Waals surface area contributed by atoms with Crippen LogP contribution in [0.1, 0.15) is 0 Å². The molecule has 39 heavy (non-hydrogen) atoms. The molecule has 8 rings (SSSR count). The predicted molar refractivity (Wildman–Crippen MR) is 161 cm³/mol. The van der Waals surface area contributed by atoms with Gasteiger partial charge in [0, 0.05) is 44.2 Å². The van der Waals surface area contributed by atoms with Gasteiger partial charge in [-0.15, -0.1) is 0 Å². The van der Waals surface area contributed by atoms with Gasteiger partial charge in [-0.2, -0.15) is 0 Å². The van der Waals surface area contributed by atoms with Crippen LogP contribution >= 0.6 is 0 Å². The van der Waals surface area contributed by atoms with Crippen molar-refractivity contribution in [3.8, 4) is 11.1 Å². The van der Waals surface area contributed by atoms with Crippen molar-refractivity contribution in [1.82, 2.24) is 0 Å². The molecule has 0 atom stereocenters. The first-order valence-corrected chi connectivity index (χ1v) is 13.1. The molecule has 2 aromatic heterocycles. The van der Waals surface area contributed by atoms with E-state index in [1.807, 2.05) is 30.3 Å². The molecule has 184 valence electrons. The largest absolute Gasteiger partial charge is 0.456 e. The Morgan fingerprint density at radius 2 is 0.974 bits per heavy atom. The molecule has 0 aliphatic rings. The van der Waals surface area contributed by atoms with Gasteiger partial charge in [0.05, 0.1) is 0 Å². The van der Waals surface area contributed by atoms with Crippen molar-refractivity contribution >= 4 is 60.9 Å². The Kier molecular flexibility index (Phi) is 4.82. The molecule has 0 unspecified atom stereocenters. The second kappa shape index (κ2) is 8.64. The van der Waals surface area contributed by atoms with Crippen molar-refractivity contribution in [3.05, 3.63) is 140 Å². The average Bonchev–Trinajstić information content (AvgIpc) is 3.57. The monoisotopic (exact) mass is 501 g/mol. The number of hydrogen-bond acceptors (Lipinski definition) is 3. The highest BCUT2D eigenvalue weighted by molar-refractivity contribution is 6.10. The molecule has 0 aliphatic heterocycles. The summed E-state index contributed by atoms with van der Waals surface area (Å²) in [6.45, 7) is 0. The SMILES string of the molecule is c1ccc(N(c2ccc(-c3cccc4c3oc3ccccc34)cc2)c2ccc3oc4ccccc4c3c2)cc1. The van der Waals surface area contributed by atoms with E-state index in [9.17, 15) is 0 Å². The van der Waals surface area contributed by atoms with Crippen LogP contribution in [-0.4, -0.2) is 0 Å². The number of benzene rings is 6. The van der Waals surface area contributed by atoms with E-state index >= 15 is 0 Å². The van der Waals surface area contributed by atoms with E-state index in [2.05, 4.69) is 114 Å². The number of anilines is 3. The second-order valence-electron chi connectivity index (χ2n) is 9.78. The third kappa shape index (κ3) is 3.52. The molecule has 0 saturated heterocycles. The maximum absolute atomic E-state index is 6.30. The van der Waals surface area contributed by atoms with Gasteiger partial charge in [-0.25, -0.2) is 0 Å². The Morgan fingerprint density at radius 1 is 0.385 bits per heavy atom. The summed E-state index contributed by atoms with van der Waals surface area (Å²) in [5.41, 5.74) is 9.08. The molecular weight excluding hydrogens is 478 g/mol. The van der Waals surface area contributed by atoms with Crippen LogP contribution in [0, 0.1) is 0 Å². The second-order valence-corrected chi connectivity index (χ2v) is 9.78. The van der Waals surface area contributed by atoms with Crippen molar-refractivity contribution in [2.75, 3.05) is 4.90 Å². The molecule has 0 amide bonds. The van der Waals surface area contributed by atoms with E-state index in [1.165, 1.54) is 0 Å². The highest BCUT2D eigenvalue weighted by Gasteiger charge is 2.16. The van der Waals surface area contributed by atoms with Crippen LogP contribution in [0.3, 0.4) is 0 Å². The molecule has 0 spiro atoms. The molecule has 0 saturated carbocycles. The number of furan rings is 2. The molecule has 3 heteroatoms. The van der Waals surface area contributed by atoms with Gasteiger partial charge in [0.1, 0.15) is 22.3 Å². The molecule has 8 aromatic rings. The lowest BCUT2D eigenvalue weighted by molar-refractivity contribution is 0.669. The topological polar surface area (TPSA) is 29.5 Å². The molecule has 0 bridgehead atoms. The minimum absolute atomic E-state index is 0.891. The molecule has 0 N–H and O–H groups in total. The van der Waals surface area contributed by atoms with Crippen LogP contribution in [0.25, 0.3) is 55.0 Å². The van der Waals surface area contributed by atoms with Gasteiger partial charge in [-0.3, -0.25) is 0 Å². The lowest BCUT2D eigenvalue weighted by Gasteiger charge is -2.25. The molecule has 0 fully saturated rings. The first-order chi connectivity index (χ1) is 19.3. The molecular formula is C36H23NO2. The summed E-state index contributed by atoms with van der Waals surface area (Å²) < 4.78 is 12.4. The summed E-state index contributed by atoms with van der Waals surface area (Å²) in [6, 6.07) is 48.4. The van der Waals surface area contributed by atoms with Gasteiger partial charge in [-0.05, 0) is 60.2 Å².